The summed E-state index contributed by atoms with van der Waals surface area (Å²) in [6.07, 6.45) is 3.65. The molecule has 2 nitrogen and oxygen atoms in total. The van der Waals surface area contributed by atoms with E-state index in [9.17, 15) is 0 Å². The number of rotatable bonds is 2. The first kappa shape index (κ1) is 23.7. The predicted octanol–water partition coefficient (Wildman–Crippen LogP) is 2.33. The first-order chi connectivity index (χ1) is 2.41. The van der Waals surface area contributed by atoms with Crippen molar-refractivity contribution in [2.75, 3.05) is 0 Å². The molecule has 0 aliphatic heterocycles. The molecule has 6 N–H and O–H groups in total. The van der Waals surface area contributed by atoms with Gasteiger partial charge in [-0.15, -0.1) is 0 Å². The van der Waals surface area contributed by atoms with E-state index in [-0.39, 0.29) is 29.1 Å². The molecule has 0 aromatic carbocycles. The molecule has 8 heavy (non-hydrogen) atoms. The zero-order valence-electron chi connectivity index (χ0n) is 5.58. The Morgan fingerprint density at radius 1 is 1.25 bits per heavy atom. The molecule has 1 radical (unpaired) electrons. The molecule has 0 saturated carbocycles. The molecule has 0 heterocycles. The van der Waals surface area contributed by atoms with Crippen molar-refractivity contribution in [1.29, 1.82) is 0 Å². The number of hydrogen-bond acceptors (Lipinski definition) is 2. The van der Waals surface area contributed by atoms with Gasteiger partial charge in [-0.05, 0) is 0 Å². The molecule has 0 spiro atoms. The van der Waals surface area contributed by atoms with E-state index in [0.29, 0.717) is 0 Å². The topological polar surface area (TPSA) is 70.0 Å². The Labute approximate surface area is 62.8 Å². The van der Waals surface area contributed by atoms with Crippen LogP contribution in [0.2, 0.25) is 0 Å². The van der Waals surface area contributed by atoms with Gasteiger partial charge in [-0.1, -0.05) is 19.8 Å². The van der Waals surface area contributed by atoms with Gasteiger partial charge in [0.05, 0.1) is 0 Å². The monoisotopic (exact) mass is 164 g/mol. The van der Waals surface area contributed by atoms with E-state index >= 15 is 0 Å². The van der Waals surface area contributed by atoms with Crippen LogP contribution in [0.3, 0.4) is 0 Å². The van der Waals surface area contributed by atoms with Crippen molar-refractivity contribution in [3.8, 4) is 0 Å². The van der Waals surface area contributed by atoms with Gasteiger partial charge in [0.25, 0.3) is 0 Å². The van der Waals surface area contributed by atoms with E-state index in [1.165, 1.54) is 12.8 Å². The largest absolute Gasteiger partial charge is 0.344 e. The second-order valence-electron chi connectivity index (χ2n) is 1.21. The summed E-state index contributed by atoms with van der Waals surface area (Å²) in [5.74, 6) is 0. The number of hydrogen-bond donors (Lipinski definition) is 2. The molecule has 57 valence electrons. The number of unbranched alkanes of at least 4 members (excludes halogenated alkanes) is 2. The third-order valence-corrected chi connectivity index (χ3v) is 0.604. The van der Waals surface area contributed by atoms with E-state index < -0.39 is 0 Å². The quantitative estimate of drug-likeness (QED) is 0.615. The van der Waals surface area contributed by atoms with Crippen molar-refractivity contribution in [3.63, 3.8) is 0 Å². The summed E-state index contributed by atoms with van der Waals surface area (Å²) in [6, 6.07) is 0. The third-order valence-electron chi connectivity index (χ3n) is 0.604. The first-order valence-corrected chi connectivity index (χ1v) is 2.21. The maximum atomic E-state index is 3.68. The van der Waals surface area contributed by atoms with Crippen LogP contribution in [0, 0.1) is 6.92 Å². The molecule has 0 unspecified atom stereocenters. The van der Waals surface area contributed by atoms with Gasteiger partial charge < -0.3 is 19.2 Å². The van der Waals surface area contributed by atoms with E-state index in [1.807, 2.05) is 0 Å². The van der Waals surface area contributed by atoms with Gasteiger partial charge in [0.15, 0.2) is 0 Å². The van der Waals surface area contributed by atoms with Crippen LogP contribution in [-0.4, -0.2) is 0 Å². The fourth-order valence-electron chi connectivity index (χ4n) is 0.250. The summed E-state index contributed by atoms with van der Waals surface area (Å²) >= 11 is 0. The summed E-state index contributed by atoms with van der Waals surface area (Å²) in [6.45, 7) is 5.85. The minimum absolute atomic E-state index is 0. The van der Waals surface area contributed by atoms with Crippen molar-refractivity contribution in [1.82, 2.24) is 12.3 Å². The Kier molecular flexibility index (Phi) is 77.5. The van der Waals surface area contributed by atoms with Crippen molar-refractivity contribution in [3.05, 3.63) is 6.92 Å². The van der Waals surface area contributed by atoms with E-state index in [2.05, 4.69) is 13.8 Å². The standard InChI is InChI=1S/C5H11.Co.2H3N/c1-3-5-4-2;;;/h1,3-5H2,2H3;;2*1H3/q-1;;;. The SMILES string of the molecule is N.N.[CH2-]CCCC.[Co]. The van der Waals surface area contributed by atoms with Gasteiger partial charge >= 0.3 is 0 Å². The molecule has 0 saturated heterocycles. The fraction of sp³-hybridized carbons (Fsp3) is 0.800. The van der Waals surface area contributed by atoms with Crippen molar-refractivity contribution in [2.45, 2.75) is 26.2 Å². The molecule has 0 aliphatic carbocycles. The normalized spacial score (nSPS) is 5.25. The van der Waals surface area contributed by atoms with Crippen LogP contribution in [0.4, 0.5) is 0 Å². The molecule has 0 aliphatic rings. The molecular weight excluding hydrogens is 147 g/mol. The average Bonchev–Trinajstić information content (AvgIpc) is 1.41. The second kappa shape index (κ2) is 26.1. The Morgan fingerprint density at radius 2 is 1.62 bits per heavy atom. The summed E-state index contributed by atoms with van der Waals surface area (Å²) in [7, 11) is 0. The molecule has 3 heteroatoms. The molecule has 0 fully saturated rings. The van der Waals surface area contributed by atoms with E-state index in [0.717, 1.165) is 6.42 Å². The fourth-order valence-corrected chi connectivity index (χ4v) is 0.250. The van der Waals surface area contributed by atoms with Crippen molar-refractivity contribution >= 4 is 0 Å². The van der Waals surface area contributed by atoms with Crippen LogP contribution < -0.4 is 12.3 Å². The first-order valence-electron chi connectivity index (χ1n) is 2.21. The van der Waals surface area contributed by atoms with Gasteiger partial charge in [-0.3, -0.25) is 0 Å². The maximum Gasteiger partial charge on any atom is 0 e. The van der Waals surface area contributed by atoms with Crippen LogP contribution in [0.25, 0.3) is 0 Å². The molecule has 0 atom stereocenters. The Morgan fingerprint density at radius 3 is 1.62 bits per heavy atom. The van der Waals surface area contributed by atoms with E-state index in [1.54, 1.807) is 0 Å². The smallest absolute Gasteiger partial charge is 0 e. The Hall–Kier alpha value is 0.426. The van der Waals surface area contributed by atoms with Gasteiger partial charge in [0.2, 0.25) is 0 Å². The van der Waals surface area contributed by atoms with Gasteiger partial charge in [0, 0.05) is 16.8 Å². The summed E-state index contributed by atoms with van der Waals surface area (Å²) in [5, 5.41) is 0. The molecule has 0 bridgehead atoms. The zero-order valence-corrected chi connectivity index (χ0v) is 6.62. The van der Waals surface area contributed by atoms with Crippen molar-refractivity contribution < 1.29 is 16.8 Å². The minimum Gasteiger partial charge on any atom is -0.344 e. The molecule has 0 aromatic rings. The van der Waals surface area contributed by atoms with Crippen LogP contribution in [-0.2, 0) is 16.8 Å². The van der Waals surface area contributed by atoms with Gasteiger partial charge in [0.1, 0.15) is 0 Å². The van der Waals surface area contributed by atoms with E-state index in [4.69, 9.17) is 0 Å². The predicted molar refractivity (Wildman–Crippen MR) is 34.9 cm³/mol. The maximum absolute atomic E-state index is 3.68. The van der Waals surface area contributed by atoms with Crippen LogP contribution in [0.15, 0.2) is 0 Å². The average molecular weight is 164 g/mol. The summed E-state index contributed by atoms with van der Waals surface area (Å²) in [4.78, 5) is 0. The molecule has 0 aromatic heterocycles. The molecule has 0 amide bonds. The van der Waals surface area contributed by atoms with Crippen LogP contribution in [0.1, 0.15) is 26.2 Å². The molecule has 0 rings (SSSR count). The van der Waals surface area contributed by atoms with Crippen LogP contribution >= 0.6 is 0 Å². The van der Waals surface area contributed by atoms with Gasteiger partial charge in [-0.2, -0.15) is 6.42 Å². The second-order valence-corrected chi connectivity index (χ2v) is 1.21. The van der Waals surface area contributed by atoms with Crippen LogP contribution in [0.5, 0.6) is 0 Å². The minimum atomic E-state index is 0. The Balaban J connectivity index is -0.0000000267. The summed E-state index contributed by atoms with van der Waals surface area (Å²) in [5.41, 5.74) is 0. The Bertz CT molecular complexity index is 17.9. The van der Waals surface area contributed by atoms with Gasteiger partial charge in [-0.25, -0.2) is 0 Å². The third kappa shape index (κ3) is 32.1. The van der Waals surface area contributed by atoms with Crippen molar-refractivity contribution in [2.24, 2.45) is 0 Å². The summed E-state index contributed by atoms with van der Waals surface area (Å²) < 4.78 is 0. The zero-order chi connectivity index (χ0) is 4.12. The molecular formula is C5H17CoN2-.